The van der Waals surface area contributed by atoms with Crippen molar-refractivity contribution in [2.45, 2.75) is 13.5 Å². The fourth-order valence-electron chi connectivity index (χ4n) is 0.813. The van der Waals surface area contributed by atoms with E-state index in [2.05, 4.69) is 15.3 Å². The maximum absolute atomic E-state index is 5.44. The summed E-state index contributed by atoms with van der Waals surface area (Å²) in [4.78, 5) is 8.19. The van der Waals surface area contributed by atoms with Gasteiger partial charge in [-0.25, -0.2) is 9.97 Å². The third-order valence-electron chi connectivity index (χ3n) is 1.52. The minimum absolute atomic E-state index is 0.496. The van der Waals surface area contributed by atoms with E-state index in [0.717, 1.165) is 11.3 Å². The zero-order valence-electron chi connectivity index (χ0n) is 6.76. The first-order chi connectivity index (χ1) is 5.27. The number of hydrogen-bond acceptors (Lipinski definition) is 4. The molecule has 1 heterocycles. The van der Waals surface area contributed by atoms with E-state index in [1.54, 1.807) is 13.2 Å². The fourth-order valence-corrected chi connectivity index (χ4v) is 0.813. The third-order valence-corrected chi connectivity index (χ3v) is 1.52. The highest BCUT2D eigenvalue weighted by atomic mass is 15.1. The lowest BCUT2D eigenvalue weighted by atomic mass is 10.2. The Morgan fingerprint density at radius 1 is 1.64 bits per heavy atom. The highest BCUT2D eigenvalue weighted by Crippen LogP contribution is 2.04. The van der Waals surface area contributed by atoms with Crippen molar-refractivity contribution >= 4 is 5.95 Å². The second-order valence-corrected chi connectivity index (χ2v) is 2.26. The second-order valence-electron chi connectivity index (χ2n) is 2.26. The van der Waals surface area contributed by atoms with Crippen molar-refractivity contribution in [3.8, 4) is 0 Å². The molecule has 0 unspecified atom stereocenters. The summed E-state index contributed by atoms with van der Waals surface area (Å²) in [6.07, 6.45) is 1.74. The average Bonchev–Trinajstić information content (AvgIpc) is 2.04. The van der Waals surface area contributed by atoms with E-state index in [1.165, 1.54) is 0 Å². The molecule has 0 aromatic carbocycles. The van der Waals surface area contributed by atoms with E-state index in [-0.39, 0.29) is 0 Å². The minimum Gasteiger partial charge on any atom is -0.357 e. The normalized spacial score (nSPS) is 9.73. The Bertz CT molecular complexity index is 246. The summed E-state index contributed by atoms with van der Waals surface area (Å²) >= 11 is 0. The Morgan fingerprint density at radius 2 is 2.36 bits per heavy atom. The Labute approximate surface area is 65.9 Å². The van der Waals surface area contributed by atoms with Gasteiger partial charge in [0.05, 0.1) is 0 Å². The van der Waals surface area contributed by atoms with Gasteiger partial charge in [-0.2, -0.15) is 0 Å². The van der Waals surface area contributed by atoms with Crippen molar-refractivity contribution in [2.75, 3.05) is 12.4 Å². The lowest BCUT2D eigenvalue weighted by Gasteiger charge is -2.02. The largest absolute Gasteiger partial charge is 0.357 e. The molecule has 0 fully saturated rings. The summed E-state index contributed by atoms with van der Waals surface area (Å²) in [7, 11) is 1.79. The molecule has 0 saturated carbocycles. The monoisotopic (exact) mass is 152 g/mol. The van der Waals surface area contributed by atoms with Gasteiger partial charge in [-0.15, -0.1) is 0 Å². The van der Waals surface area contributed by atoms with Crippen molar-refractivity contribution in [1.29, 1.82) is 0 Å². The lowest BCUT2D eigenvalue weighted by molar-refractivity contribution is 0.969. The van der Waals surface area contributed by atoms with Crippen LogP contribution in [0.15, 0.2) is 6.20 Å². The Hall–Kier alpha value is -1.16. The molecule has 1 rings (SSSR count). The molecule has 1 aromatic heterocycles. The molecule has 0 atom stereocenters. The smallest absolute Gasteiger partial charge is 0.222 e. The standard InChI is InChI=1S/C7H12N4/c1-5-6(3-8)4-10-7(9-2)11-5/h4H,3,8H2,1-2H3,(H,9,10,11). The van der Waals surface area contributed by atoms with Crippen LogP contribution in [0.1, 0.15) is 11.3 Å². The summed E-state index contributed by atoms with van der Waals surface area (Å²) in [6, 6.07) is 0. The Morgan fingerprint density at radius 3 is 2.82 bits per heavy atom. The molecule has 11 heavy (non-hydrogen) atoms. The summed E-state index contributed by atoms with van der Waals surface area (Å²) in [5.74, 6) is 0.639. The number of hydrogen-bond donors (Lipinski definition) is 2. The number of rotatable bonds is 2. The van der Waals surface area contributed by atoms with Gasteiger partial charge in [0.25, 0.3) is 0 Å². The molecule has 0 aliphatic rings. The van der Waals surface area contributed by atoms with Gasteiger partial charge in [0.2, 0.25) is 5.95 Å². The molecular weight excluding hydrogens is 140 g/mol. The van der Waals surface area contributed by atoms with Gasteiger partial charge < -0.3 is 11.1 Å². The topological polar surface area (TPSA) is 63.8 Å². The highest BCUT2D eigenvalue weighted by molar-refractivity contribution is 5.27. The first kappa shape index (κ1) is 7.94. The van der Waals surface area contributed by atoms with Gasteiger partial charge in [-0.3, -0.25) is 0 Å². The molecule has 0 aliphatic carbocycles. The van der Waals surface area contributed by atoms with E-state index in [1.807, 2.05) is 6.92 Å². The Kier molecular flexibility index (Phi) is 2.38. The number of aromatic nitrogens is 2. The van der Waals surface area contributed by atoms with Crippen molar-refractivity contribution in [3.63, 3.8) is 0 Å². The first-order valence-electron chi connectivity index (χ1n) is 3.48. The van der Waals surface area contributed by atoms with Gasteiger partial charge in [0.15, 0.2) is 0 Å². The second kappa shape index (κ2) is 3.30. The summed E-state index contributed by atoms with van der Waals surface area (Å²) in [5, 5.41) is 2.86. The van der Waals surface area contributed by atoms with Gasteiger partial charge in [-0.05, 0) is 6.92 Å². The summed E-state index contributed by atoms with van der Waals surface area (Å²) in [5.41, 5.74) is 7.37. The Balaban J connectivity index is 2.99. The maximum atomic E-state index is 5.44. The zero-order chi connectivity index (χ0) is 8.27. The van der Waals surface area contributed by atoms with Gasteiger partial charge in [0, 0.05) is 31.0 Å². The molecule has 0 aliphatic heterocycles. The molecule has 4 heteroatoms. The van der Waals surface area contributed by atoms with Crippen LogP contribution in [0.25, 0.3) is 0 Å². The van der Waals surface area contributed by atoms with Crippen LogP contribution in [0.5, 0.6) is 0 Å². The number of aryl methyl sites for hydroxylation is 1. The third kappa shape index (κ3) is 1.65. The van der Waals surface area contributed by atoms with Gasteiger partial charge in [0.1, 0.15) is 0 Å². The van der Waals surface area contributed by atoms with Crippen molar-refractivity contribution in [2.24, 2.45) is 5.73 Å². The molecule has 1 aromatic rings. The molecule has 0 spiro atoms. The number of nitrogens with zero attached hydrogens (tertiary/aromatic N) is 2. The molecule has 3 N–H and O–H groups in total. The number of nitrogens with one attached hydrogen (secondary N) is 1. The van der Waals surface area contributed by atoms with Crippen molar-refractivity contribution in [3.05, 3.63) is 17.5 Å². The molecule has 0 saturated heterocycles. The van der Waals surface area contributed by atoms with Gasteiger partial charge >= 0.3 is 0 Å². The van der Waals surface area contributed by atoms with Crippen molar-refractivity contribution in [1.82, 2.24) is 9.97 Å². The minimum atomic E-state index is 0.496. The predicted octanol–water partition coefficient (Wildman–Crippen LogP) is 0.285. The van der Waals surface area contributed by atoms with Crippen LogP contribution in [-0.4, -0.2) is 17.0 Å². The van der Waals surface area contributed by atoms with Crippen LogP contribution in [-0.2, 0) is 6.54 Å². The molecule has 0 amide bonds. The van der Waals surface area contributed by atoms with E-state index in [9.17, 15) is 0 Å². The number of nitrogens with two attached hydrogens (primary N) is 1. The average molecular weight is 152 g/mol. The predicted molar refractivity (Wildman–Crippen MR) is 44.2 cm³/mol. The fraction of sp³-hybridized carbons (Fsp3) is 0.429. The van der Waals surface area contributed by atoms with Crippen LogP contribution >= 0.6 is 0 Å². The first-order valence-corrected chi connectivity index (χ1v) is 3.48. The van der Waals surface area contributed by atoms with E-state index in [0.29, 0.717) is 12.5 Å². The maximum Gasteiger partial charge on any atom is 0.222 e. The van der Waals surface area contributed by atoms with Crippen LogP contribution in [0.4, 0.5) is 5.95 Å². The molecule has 4 nitrogen and oxygen atoms in total. The van der Waals surface area contributed by atoms with E-state index >= 15 is 0 Å². The summed E-state index contributed by atoms with van der Waals surface area (Å²) in [6.45, 7) is 2.42. The molecule has 60 valence electrons. The lowest BCUT2D eigenvalue weighted by Crippen LogP contribution is -2.04. The van der Waals surface area contributed by atoms with E-state index in [4.69, 9.17) is 5.73 Å². The van der Waals surface area contributed by atoms with Crippen LogP contribution in [0.3, 0.4) is 0 Å². The zero-order valence-corrected chi connectivity index (χ0v) is 6.76. The molecular formula is C7H12N4. The molecule has 0 radical (unpaired) electrons. The van der Waals surface area contributed by atoms with Gasteiger partial charge in [-0.1, -0.05) is 0 Å². The highest BCUT2D eigenvalue weighted by Gasteiger charge is 1.98. The van der Waals surface area contributed by atoms with Crippen LogP contribution in [0.2, 0.25) is 0 Å². The molecule has 0 bridgehead atoms. The number of anilines is 1. The van der Waals surface area contributed by atoms with E-state index < -0.39 is 0 Å². The van der Waals surface area contributed by atoms with Crippen LogP contribution < -0.4 is 11.1 Å². The van der Waals surface area contributed by atoms with Crippen molar-refractivity contribution < 1.29 is 0 Å². The SMILES string of the molecule is CNc1ncc(CN)c(C)n1. The summed E-state index contributed by atoms with van der Waals surface area (Å²) < 4.78 is 0. The quantitative estimate of drug-likeness (QED) is 0.639. The van der Waals surface area contributed by atoms with Crippen LogP contribution in [0, 0.1) is 6.92 Å².